The number of methoxy groups -OCH3 is 1. The lowest BCUT2D eigenvalue weighted by Crippen LogP contribution is -2.44. The molecule has 126 valence electrons. The normalized spacial score (nSPS) is 11.5. The number of carbonyl (C=O) groups excluding carboxylic acids is 2. The SMILES string of the molecule is COc1cc(CNC(=O)[C@H](C)NC(=O)c2ccccc2Cl)ccn1. The summed E-state index contributed by atoms with van der Waals surface area (Å²) in [5.41, 5.74) is 1.18. The lowest BCUT2D eigenvalue weighted by atomic mass is 10.2. The van der Waals surface area contributed by atoms with E-state index in [0.29, 0.717) is 23.0 Å². The van der Waals surface area contributed by atoms with Crippen molar-refractivity contribution in [3.8, 4) is 5.88 Å². The molecule has 0 unspecified atom stereocenters. The average Bonchev–Trinajstić information content (AvgIpc) is 2.60. The number of amides is 2. The molecule has 2 aromatic rings. The summed E-state index contributed by atoms with van der Waals surface area (Å²) in [6, 6.07) is 9.48. The zero-order chi connectivity index (χ0) is 17.5. The van der Waals surface area contributed by atoms with E-state index in [1.807, 2.05) is 0 Å². The van der Waals surface area contributed by atoms with E-state index in [4.69, 9.17) is 16.3 Å². The summed E-state index contributed by atoms with van der Waals surface area (Å²) >= 11 is 5.97. The first-order valence-corrected chi connectivity index (χ1v) is 7.71. The van der Waals surface area contributed by atoms with Gasteiger partial charge in [-0.1, -0.05) is 23.7 Å². The van der Waals surface area contributed by atoms with Crippen molar-refractivity contribution in [1.29, 1.82) is 0 Å². The highest BCUT2D eigenvalue weighted by Crippen LogP contribution is 2.14. The van der Waals surface area contributed by atoms with Gasteiger partial charge in [-0.25, -0.2) is 4.98 Å². The second-order valence-electron chi connectivity index (χ2n) is 5.10. The molecule has 6 nitrogen and oxygen atoms in total. The molecule has 0 fully saturated rings. The molecule has 24 heavy (non-hydrogen) atoms. The molecule has 2 N–H and O–H groups in total. The fraction of sp³-hybridized carbons (Fsp3) is 0.235. The maximum Gasteiger partial charge on any atom is 0.253 e. The van der Waals surface area contributed by atoms with Crippen molar-refractivity contribution in [1.82, 2.24) is 15.6 Å². The third-order valence-corrected chi connectivity index (χ3v) is 3.66. The second-order valence-corrected chi connectivity index (χ2v) is 5.51. The zero-order valence-corrected chi connectivity index (χ0v) is 14.1. The monoisotopic (exact) mass is 347 g/mol. The molecule has 0 bridgehead atoms. The van der Waals surface area contributed by atoms with E-state index < -0.39 is 11.9 Å². The third kappa shape index (κ3) is 4.70. The molecule has 0 saturated heterocycles. The maximum atomic E-state index is 12.1. The van der Waals surface area contributed by atoms with Crippen LogP contribution in [0.3, 0.4) is 0 Å². The molecule has 0 aliphatic carbocycles. The van der Waals surface area contributed by atoms with Crippen molar-refractivity contribution in [2.24, 2.45) is 0 Å². The largest absolute Gasteiger partial charge is 0.481 e. The molecule has 0 saturated carbocycles. The van der Waals surface area contributed by atoms with Gasteiger partial charge in [0, 0.05) is 18.8 Å². The molecule has 0 aliphatic heterocycles. The Morgan fingerprint density at radius 3 is 2.75 bits per heavy atom. The van der Waals surface area contributed by atoms with Crippen LogP contribution in [-0.2, 0) is 11.3 Å². The topological polar surface area (TPSA) is 80.3 Å². The van der Waals surface area contributed by atoms with E-state index >= 15 is 0 Å². The van der Waals surface area contributed by atoms with Crippen molar-refractivity contribution >= 4 is 23.4 Å². The molecule has 1 aromatic carbocycles. The van der Waals surface area contributed by atoms with E-state index in [-0.39, 0.29) is 5.91 Å². The Kier molecular flexibility index (Phi) is 6.14. The molecule has 7 heteroatoms. The van der Waals surface area contributed by atoms with Crippen LogP contribution in [0.5, 0.6) is 5.88 Å². The molecular formula is C17H18ClN3O3. The van der Waals surface area contributed by atoms with Crippen molar-refractivity contribution in [2.45, 2.75) is 19.5 Å². The second kappa shape index (κ2) is 8.31. The number of nitrogens with one attached hydrogen (secondary N) is 2. The number of carbonyl (C=O) groups is 2. The Balaban J connectivity index is 1.90. The van der Waals surface area contributed by atoms with Crippen molar-refractivity contribution < 1.29 is 14.3 Å². The van der Waals surface area contributed by atoms with Crippen LogP contribution in [0, 0.1) is 0 Å². The Labute approximate surface area is 145 Å². The first kappa shape index (κ1) is 17.7. The number of hydrogen-bond donors (Lipinski definition) is 2. The quantitative estimate of drug-likeness (QED) is 0.839. The van der Waals surface area contributed by atoms with Crippen molar-refractivity contribution in [2.75, 3.05) is 7.11 Å². The van der Waals surface area contributed by atoms with Gasteiger partial charge in [0.25, 0.3) is 5.91 Å². The number of rotatable bonds is 6. The van der Waals surface area contributed by atoms with Gasteiger partial charge in [0.05, 0.1) is 17.7 Å². The van der Waals surface area contributed by atoms with Crippen LogP contribution in [0.4, 0.5) is 0 Å². The number of benzene rings is 1. The van der Waals surface area contributed by atoms with Crippen LogP contribution in [0.15, 0.2) is 42.6 Å². The Morgan fingerprint density at radius 1 is 1.29 bits per heavy atom. The molecule has 0 radical (unpaired) electrons. The number of halogens is 1. The van der Waals surface area contributed by atoms with Gasteiger partial charge in [0.1, 0.15) is 6.04 Å². The maximum absolute atomic E-state index is 12.1. The molecule has 0 spiro atoms. The summed E-state index contributed by atoms with van der Waals surface area (Å²) < 4.78 is 5.03. The predicted molar refractivity (Wildman–Crippen MR) is 91.0 cm³/mol. The molecular weight excluding hydrogens is 330 g/mol. The van der Waals surface area contributed by atoms with Gasteiger partial charge in [0.2, 0.25) is 11.8 Å². The minimum absolute atomic E-state index is 0.300. The summed E-state index contributed by atoms with van der Waals surface area (Å²) in [6.45, 7) is 1.92. The van der Waals surface area contributed by atoms with Gasteiger partial charge in [-0.15, -0.1) is 0 Å². The number of ether oxygens (including phenoxy) is 1. The van der Waals surface area contributed by atoms with Crippen LogP contribution in [0.2, 0.25) is 5.02 Å². The van der Waals surface area contributed by atoms with E-state index in [0.717, 1.165) is 5.56 Å². The molecule has 2 amide bonds. The van der Waals surface area contributed by atoms with Crippen molar-refractivity contribution in [3.63, 3.8) is 0 Å². The summed E-state index contributed by atoms with van der Waals surface area (Å²) in [5, 5.41) is 5.71. The van der Waals surface area contributed by atoms with Gasteiger partial charge < -0.3 is 15.4 Å². The first-order chi connectivity index (χ1) is 11.5. The molecule has 0 aliphatic rings. The lowest BCUT2D eigenvalue weighted by Gasteiger charge is -2.15. The fourth-order valence-electron chi connectivity index (χ4n) is 2.00. The lowest BCUT2D eigenvalue weighted by molar-refractivity contribution is -0.122. The Morgan fingerprint density at radius 2 is 2.04 bits per heavy atom. The van der Waals surface area contributed by atoms with E-state index in [1.165, 1.54) is 7.11 Å². The van der Waals surface area contributed by atoms with Gasteiger partial charge >= 0.3 is 0 Å². The third-order valence-electron chi connectivity index (χ3n) is 3.33. The summed E-state index contributed by atoms with van der Waals surface area (Å²) in [4.78, 5) is 28.3. The number of pyridine rings is 1. The van der Waals surface area contributed by atoms with Gasteiger partial charge in [-0.3, -0.25) is 9.59 Å². The highest BCUT2D eigenvalue weighted by atomic mass is 35.5. The summed E-state index contributed by atoms with van der Waals surface area (Å²) in [6.07, 6.45) is 1.60. The van der Waals surface area contributed by atoms with E-state index in [2.05, 4.69) is 15.6 Å². The van der Waals surface area contributed by atoms with Crippen LogP contribution in [0.25, 0.3) is 0 Å². The zero-order valence-electron chi connectivity index (χ0n) is 13.4. The van der Waals surface area contributed by atoms with Crippen LogP contribution < -0.4 is 15.4 Å². The van der Waals surface area contributed by atoms with Gasteiger partial charge in [-0.05, 0) is 30.7 Å². The molecule has 1 aromatic heterocycles. The smallest absolute Gasteiger partial charge is 0.253 e. The average molecular weight is 348 g/mol. The first-order valence-electron chi connectivity index (χ1n) is 7.33. The standard InChI is InChI=1S/C17H18ClN3O3/c1-11(21-17(23)13-5-3-4-6-14(13)18)16(22)20-10-12-7-8-19-15(9-12)24-2/h3-9,11H,10H2,1-2H3,(H,20,22)(H,21,23)/t11-/m0/s1. The minimum atomic E-state index is -0.697. The molecule has 2 rings (SSSR count). The minimum Gasteiger partial charge on any atom is -0.481 e. The number of hydrogen-bond acceptors (Lipinski definition) is 4. The molecule has 1 atom stereocenters. The van der Waals surface area contributed by atoms with Crippen LogP contribution in [-0.4, -0.2) is 29.9 Å². The predicted octanol–water partition coefficient (Wildman–Crippen LogP) is 2.18. The van der Waals surface area contributed by atoms with Crippen LogP contribution >= 0.6 is 11.6 Å². The number of aromatic nitrogens is 1. The highest BCUT2D eigenvalue weighted by molar-refractivity contribution is 6.33. The summed E-state index contributed by atoms with van der Waals surface area (Å²) in [7, 11) is 1.52. The van der Waals surface area contributed by atoms with Gasteiger partial charge in [0.15, 0.2) is 0 Å². The van der Waals surface area contributed by atoms with Gasteiger partial charge in [-0.2, -0.15) is 0 Å². The Bertz CT molecular complexity index is 737. The Hall–Kier alpha value is -2.60. The molecule has 1 heterocycles. The van der Waals surface area contributed by atoms with Crippen LogP contribution in [0.1, 0.15) is 22.8 Å². The van der Waals surface area contributed by atoms with Crippen molar-refractivity contribution in [3.05, 3.63) is 58.7 Å². The fourth-order valence-corrected chi connectivity index (χ4v) is 2.22. The number of nitrogens with zero attached hydrogens (tertiary/aromatic N) is 1. The highest BCUT2D eigenvalue weighted by Gasteiger charge is 2.17. The summed E-state index contributed by atoms with van der Waals surface area (Å²) in [5.74, 6) is -0.221. The van der Waals surface area contributed by atoms with E-state index in [1.54, 1.807) is 49.5 Å². The van der Waals surface area contributed by atoms with E-state index in [9.17, 15) is 9.59 Å².